The highest BCUT2D eigenvalue weighted by atomic mass is 35.5. The third kappa shape index (κ3) is 2.83. The zero-order valence-electron chi connectivity index (χ0n) is 6.64. The van der Waals surface area contributed by atoms with Crippen LogP contribution in [0.25, 0.3) is 6.08 Å². The van der Waals surface area contributed by atoms with Crippen LogP contribution in [0.15, 0.2) is 18.5 Å². The fraction of sp³-hybridized carbons (Fsp3) is 0.125. The Morgan fingerprint density at radius 3 is 2.62 bits per heavy atom. The van der Waals surface area contributed by atoms with Crippen LogP contribution in [0.2, 0.25) is 0 Å². The number of halogens is 1. The van der Waals surface area contributed by atoms with Gasteiger partial charge in [-0.3, -0.25) is 0 Å². The number of aromatic nitrogens is 2. The molecule has 0 atom stereocenters. The zero-order valence-corrected chi connectivity index (χ0v) is 7.40. The third-order valence-electron chi connectivity index (χ3n) is 1.26. The van der Waals surface area contributed by atoms with Gasteiger partial charge >= 0.3 is 5.97 Å². The molecule has 1 heterocycles. The van der Waals surface area contributed by atoms with Crippen molar-refractivity contribution in [3.8, 4) is 0 Å². The van der Waals surface area contributed by atoms with Crippen molar-refractivity contribution in [2.45, 2.75) is 0 Å². The zero-order chi connectivity index (χ0) is 9.68. The van der Waals surface area contributed by atoms with Gasteiger partial charge in [0, 0.05) is 23.8 Å². The summed E-state index contributed by atoms with van der Waals surface area (Å²) in [5.74, 6) is -0.934. The Labute approximate surface area is 79.9 Å². The van der Waals surface area contributed by atoms with Gasteiger partial charge in [0.05, 0.1) is 0 Å². The van der Waals surface area contributed by atoms with Gasteiger partial charge in [-0.15, -0.1) is 11.6 Å². The molecule has 13 heavy (non-hydrogen) atoms. The summed E-state index contributed by atoms with van der Waals surface area (Å²) in [5.41, 5.74) is 0.727. The molecule has 4 nitrogen and oxygen atoms in total. The molecule has 0 aromatic carbocycles. The van der Waals surface area contributed by atoms with Crippen molar-refractivity contribution < 1.29 is 9.90 Å². The van der Waals surface area contributed by atoms with E-state index in [1.807, 2.05) is 0 Å². The summed E-state index contributed by atoms with van der Waals surface area (Å²) in [6, 6.07) is 0. The van der Waals surface area contributed by atoms with Crippen molar-refractivity contribution in [2.24, 2.45) is 0 Å². The molecule has 0 radical (unpaired) electrons. The molecule has 0 spiro atoms. The summed E-state index contributed by atoms with van der Waals surface area (Å²) >= 11 is 5.41. The topological polar surface area (TPSA) is 63.1 Å². The molecule has 0 saturated carbocycles. The van der Waals surface area contributed by atoms with Crippen LogP contribution in [-0.2, 0) is 0 Å². The van der Waals surface area contributed by atoms with E-state index in [-0.39, 0.29) is 5.82 Å². The molecule has 0 aliphatic rings. The molecule has 0 bridgehead atoms. The van der Waals surface area contributed by atoms with E-state index in [0.717, 1.165) is 5.56 Å². The van der Waals surface area contributed by atoms with Gasteiger partial charge in [0.1, 0.15) is 0 Å². The maximum atomic E-state index is 10.4. The largest absolute Gasteiger partial charge is 0.475 e. The van der Waals surface area contributed by atoms with Crippen molar-refractivity contribution in [3.63, 3.8) is 0 Å². The van der Waals surface area contributed by atoms with E-state index in [1.165, 1.54) is 12.4 Å². The Morgan fingerprint density at radius 1 is 1.54 bits per heavy atom. The average Bonchev–Trinajstić information content (AvgIpc) is 2.15. The molecule has 0 aliphatic heterocycles. The van der Waals surface area contributed by atoms with Gasteiger partial charge in [-0.05, 0) is 0 Å². The first kappa shape index (κ1) is 9.67. The third-order valence-corrected chi connectivity index (χ3v) is 1.44. The molecule has 68 valence electrons. The first-order chi connectivity index (χ1) is 6.24. The fourth-order valence-electron chi connectivity index (χ4n) is 0.715. The lowest BCUT2D eigenvalue weighted by molar-refractivity contribution is 0.0683. The fourth-order valence-corrected chi connectivity index (χ4v) is 0.804. The smallest absolute Gasteiger partial charge is 0.373 e. The summed E-state index contributed by atoms with van der Waals surface area (Å²) in [7, 11) is 0. The lowest BCUT2D eigenvalue weighted by Crippen LogP contribution is -2.02. The number of hydrogen-bond donors (Lipinski definition) is 1. The average molecular weight is 199 g/mol. The quantitative estimate of drug-likeness (QED) is 0.747. The number of nitrogens with zero attached hydrogens (tertiary/aromatic N) is 2. The summed E-state index contributed by atoms with van der Waals surface area (Å²) in [6.07, 6.45) is 6.30. The number of hydrogen-bond acceptors (Lipinski definition) is 3. The maximum absolute atomic E-state index is 10.4. The summed E-state index contributed by atoms with van der Waals surface area (Å²) in [5, 5.41) is 8.49. The van der Waals surface area contributed by atoms with Crippen molar-refractivity contribution in [1.82, 2.24) is 9.97 Å². The normalized spacial score (nSPS) is 10.5. The van der Waals surface area contributed by atoms with Crippen molar-refractivity contribution >= 4 is 23.6 Å². The number of carboxylic acid groups (broad SMARTS) is 1. The molecule has 1 aromatic heterocycles. The van der Waals surface area contributed by atoms with Gasteiger partial charge in [0.25, 0.3) is 0 Å². The number of carboxylic acids is 1. The van der Waals surface area contributed by atoms with Crippen LogP contribution in [0.1, 0.15) is 16.2 Å². The Hall–Kier alpha value is -1.42. The Kier molecular flexibility index (Phi) is 3.40. The molecule has 1 rings (SSSR count). The van der Waals surface area contributed by atoms with Gasteiger partial charge in [-0.1, -0.05) is 12.2 Å². The molecule has 0 fully saturated rings. The van der Waals surface area contributed by atoms with Crippen molar-refractivity contribution in [2.75, 3.05) is 5.88 Å². The van der Waals surface area contributed by atoms with Gasteiger partial charge in [-0.25, -0.2) is 14.8 Å². The molecule has 1 N–H and O–H groups in total. The first-order valence-electron chi connectivity index (χ1n) is 3.52. The Morgan fingerprint density at radius 2 is 2.15 bits per heavy atom. The highest BCUT2D eigenvalue weighted by molar-refractivity contribution is 6.19. The molecule has 0 aliphatic carbocycles. The second-order valence-corrected chi connectivity index (χ2v) is 2.51. The second-order valence-electron chi connectivity index (χ2n) is 2.20. The predicted octanol–water partition coefficient (Wildman–Crippen LogP) is 1.43. The van der Waals surface area contributed by atoms with E-state index in [4.69, 9.17) is 16.7 Å². The lowest BCUT2D eigenvalue weighted by atomic mass is 10.3. The van der Waals surface area contributed by atoms with E-state index >= 15 is 0 Å². The van der Waals surface area contributed by atoms with E-state index in [9.17, 15) is 4.79 Å². The van der Waals surface area contributed by atoms with E-state index in [0.29, 0.717) is 5.88 Å². The molecule has 0 unspecified atom stereocenters. The summed E-state index contributed by atoms with van der Waals surface area (Å²) < 4.78 is 0. The molecular weight excluding hydrogens is 192 g/mol. The van der Waals surface area contributed by atoms with Gasteiger partial charge in [-0.2, -0.15) is 0 Å². The monoisotopic (exact) mass is 198 g/mol. The van der Waals surface area contributed by atoms with E-state index in [2.05, 4.69) is 9.97 Å². The highest BCUT2D eigenvalue weighted by Gasteiger charge is 2.03. The standard InChI is InChI=1S/C8H7ClN2O2/c9-3-1-2-6-4-10-7(8(12)13)11-5-6/h1-2,4-5H,3H2,(H,12,13). The van der Waals surface area contributed by atoms with Gasteiger partial charge < -0.3 is 5.11 Å². The molecule has 0 amide bonds. The van der Waals surface area contributed by atoms with Crippen LogP contribution in [-0.4, -0.2) is 26.9 Å². The SMILES string of the molecule is O=C(O)c1ncc(C=CCCl)cn1. The molecular formula is C8H7ClN2O2. The number of aromatic carboxylic acids is 1. The maximum Gasteiger partial charge on any atom is 0.373 e. The molecule has 1 aromatic rings. The van der Waals surface area contributed by atoms with Crippen LogP contribution >= 0.6 is 11.6 Å². The number of allylic oxidation sites excluding steroid dienone is 1. The minimum absolute atomic E-state index is 0.206. The van der Waals surface area contributed by atoms with E-state index < -0.39 is 5.97 Å². The van der Waals surface area contributed by atoms with E-state index in [1.54, 1.807) is 12.2 Å². The first-order valence-corrected chi connectivity index (χ1v) is 4.05. The Balaban J connectivity index is 2.81. The highest BCUT2D eigenvalue weighted by Crippen LogP contribution is 1.99. The van der Waals surface area contributed by atoms with Crippen molar-refractivity contribution in [3.05, 3.63) is 29.9 Å². The summed E-state index contributed by atoms with van der Waals surface area (Å²) in [4.78, 5) is 17.6. The molecule has 0 saturated heterocycles. The van der Waals surface area contributed by atoms with Crippen LogP contribution < -0.4 is 0 Å². The number of alkyl halides is 1. The molecule has 5 heteroatoms. The van der Waals surface area contributed by atoms with Crippen molar-refractivity contribution in [1.29, 1.82) is 0 Å². The minimum Gasteiger partial charge on any atom is -0.475 e. The van der Waals surface area contributed by atoms with Crippen LogP contribution in [0, 0.1) is 0 Å². The van der Waals surface area contributed by atoms with Crippen LogP contribution in [0.4, 0.5) is 0 Å². The number of rotatable bonds is 3. The second kappa shape index (κ2) is 4.57. The van der Waals surface area contributed by atoms with Crippen LogP contribution in [0.5, 0.6) is 0 Å². The predicted molar refractivity (Wildman–Crippen MR) is 48.7 cm³/mol. The number of carbonyl (C=O) groups is 1. The van der Waals surface area contributed by atoms with Gasteiger partial charge in [0.15, 0.2) is 0 Å². The Bertz CT molecular complexity index is 321. The lowest BCUT2D eigenvalue weighted by Gasteiger charge is -1.93. The van der Waals surface area contributed by atoms with Crippen LogP contribution in [0.3, 0.4) is 0 Å². The summed E-state index contributed by atoms with van der Waals surface area (Å²) in [6.45, 7) is 0. The minimum atomic E-state index is -1.13. The van der Waals surface area contributed by atoms with Gasteiger partial charge in [0.2, 0.25) is 5.82 Å².